The summed E-state index contributed by atoms with van der Waals surface area (Å²) >= 11 is 5.32. The van der Waals surface area contributed by atoms with E-state index in [0.29, 0.717) is 24.6 Å². The van der Waals surface area contributed by atoms with Crippen molar-refractivity contribution >= 4 is 23.7 Å². The highest BCUT2D eigenvalue weighted by molar-refractivity contribution is 6.29. The molecule has 6 heteroatoms. The number of nitrogens with zero attached hydrogens (tertiary/aromatic N) is 1. The number of amides is 1. The Morgan fingerprint density at radius 3 is 2.04 bits per heavy atom. The molecule has 0 bridgehead atoms. The molecule has 5 nitrogen and oxygen atoms in total. The topological polar surface area (TPSA) is 66.8 Å². The monoisotopic (exact) mass is 395 g/mol. The number of halogens is 1. The van der Waals surface area contributed by atoms with Gasteiger partial charge in [-0.1, -0.05) is 29.8 Å². The number of likely N-dealkylation sites (tertiary alicyclic amines) is 1. The van der Waals surface area contributed by atoms with Crippen molar-refractivity contribution in [3.8, 4) is 0 Å². The molecule has 0 aliphatic carbocycles. The Balaban J connectivity index is 0.000000646. The molecule has 0 unspecified atom stereocenters. The maximum absolute atomic E-state index is 12.0. The molecule has 150 valence electrons. The molecule has 1 saturated heterocycles. The van der Waals surface area contributed by atoms with Crippen molar-refractivity contribution in [1.82, 2.24) is 4.90 Å². The molecule has 1 heterocycles. The standard InChI is InChI=1S/C17H23NO4.C4H7Cl/c1-17(2,3)22-16(21)18-10-8-13(9-11-18)12-4-6-14(7-5-12)15(19)20;1-3-4(2)5/h4-7,13H,8-11H2,1-3H3,(H,19,20);3H,1-2H3/b;4-3-. The number of carboxylic acid groups (broad SMARTS) is 1. The Morgan fingerprint density at radius 2 is 1.67 bits per heavy atom. The van der Waals surface area contributed by atoms with Crippen LogP contribution in [0.3, 0.4) is 0 Å². The number of hydrogen-bond donors (Lipinski definition) is 1. The van der Waals surface area contributed by atoms with E-state index in [1.54, 1.807) is 17.0 Å². The van der Waals surface area contributed by atoms with Crippen LogP contribution >= 0.6 is 11.6 Å². The maximum atomic E-state index is 12.0. The second-order valence-corrected chi connectivity index (χ2v) is 8.14. The summed E-state index contributed by atoms with van der Waals surface area (Å²) in [4.78, 5) is 24.6. The fraction of sp³-hybridized carbons (Fsp3) is 0.524. The van der Waals surface area contributed by atoms with Crippen molar-refractivity contribution < 1.29 is 19.4 Å². The predicted octanol–water partition coefficient (Wildman–Crippen LogP) is 5.65. The second kappa shape index (κ2) is 10.4. The lowest BCUT2D eigenvalue weighted by atomic mass is 9.89. The SMILES string of the molecule is C/C=C(/C)Cl.CC(C)(C)OC(=O)N1CCC(c2ccc(C(=O)O)cc2)CC1. The number of ether oxygens (including phenoxy) is 1. The van der Waals surface area contributed by atoms with Gasteiger partial charge in [0.2, 0.25) is 0 Å². The van der Waals surface area contributed by atoms with E-state index < -0.39 is 11.6 Å². The number of benzene rings is 1. The molecule has 0 atom stereocenters. The molecule has 0 spiro atoms. The van der Waals surface area contributed by atoms with Gasteiger partial charge in [-0.2, -0.15) is 0 Å². The lowest BCUT2D eigenvalue weighted by molar-refractivity contribution is 0.0204. The third-order valence-corrected chi connectivity index (χ3v) is 4.39. The summed E-state index contributed by atoms with van der Waals surface area (Å²) in [6, 6.07) is 7.02. The lowest BCUT2D eigenvalue weighted by Gasteiger charge is -2.33. The molecule has 0 radical (unpaired) electrons. The van der Waals surface area contributed by atoms with E-state index in [1.807, 2.05) is 52.8 Å². The van der Waals surface area contributed by atoms with Gasteiger partial charge in [-0.25, -0.2) is 9.59 Å². The van der Waals surface area contributed by atoms with Crippen LogP contribution in [-0.2, 0) is 4.74 Å². The van der Waals surface area contributed by atoms with Crippen LogP contribution in [0.5, 0.6) is 0 Å². The van der Waals surface area contributed by atoms with Gasteiger partial charge in [0, 0.05) is 18.1 Å². The zero-order valence-electron chi connectivity index (χ0n) is 16.8. The van der Waals surface area contributed by atoms with Crippen LogP contribution < -0.4 is 0 Å². The number of carbonyl (C=O) groups is 2. The molecule has 1 aromatic carbocycles. The number of allylic oxidation sites excluding steroid dienone is 2. The van der Waals surface area contributed by atoms with Gasteiger partial charge in [-0.15, -0.1) is 0 Å². The number of piperidine rings is 1. The van der Waals surface area contributed by atoms with Gasteiger partial charge in [0.05, 0.1) is 5.56 Å². The summed E-state index contributed by atoms with van der Waals surface area (Å²) in [5, 5.41) is 9.77. The first-order chi connectivity index (χ1) is 12.5. The highest BCUT2D eigenvalue weighted by atomic mass is 35.5. The number of hydrogen-bond acceptors (Lipinski definition) is 3. The number of carboxylic acids is 1. The molecule has 1 N–H and O–H groups in total. The van der Waals surface area contributed by atoms with Crippen molar-refractivity contribution in [2.24, 2.45) is 0 Å². The predicted molar refractivity (Wildman–Crippen MR) is 108 cm³/mol. The van der Waals surface area contributed by atoms with E-state index in [1.165, 1.54) is 0 Å². The van der Waals surface area contributed by atoms with E-state index in [9.17, 15) is 9.59 Å². The fourth-order valence-electron chi connectivity index (χ4n) is 2.62. The summed E-state index contributed by atoms with van der Waals surface area (Å²) in [7, 11) is 0. The average molecular weight is 396 g/mol. The van der Waals surface area contributed by atoms with E-state index in [2.05, 4.69) is 0 Å². The van der Waals surface area contributed by atoms with Gasteiger partial charge in [0.1, 0.15) is 5.60 Å². The number of rotatable bonds is 2. The first-order valence-corrected chi connectivity index (χ1v) is 9.51. The molecule has 1 fully saturated rings. The molecule has 2 rings (SSSR count). The average Bonchev–Trinajstić information content (AvgIpc) is 2.61. The van der Waals surface area contributed by atoms with Crippen LogP contribution in [0.15, 0.2) is 35.4 Å². The zero-order chi connectivity index (χ0) is 20.6. The molecular formula is C21H30ClNO4. The Morgan fingerprint density at radius 1 is 1.19 bits per heavy atom. The Hall–Kier alpha value is -2.01. The Labute approximate surface area is 167 Å². The van der Waals surface area contributed by atoms with Crippen LogP contribution in [-0.4, -0.2) is 40.8 Å². The van der Waals surface area contributed by atoms with Crippen LogP contribution in [0, 0.1) is 0 Å². The van der Waals surface area contributed by atoms with Gasteiger partial charge in [-0.05, 0) is 71.1 Å². The Bertz CT molecular complexity index is 650. The molecule has 0 aromatic heterocycles. The first-order valence-electron chi connectivity index (χ1n) is 9.13. The van der Waals surface area contributed by atoms with Gasteiger partial charge < -0.3 is 14.7 Å². The summed E-state index contributed by atoms with van der Waals surface area (Å²) in [6.07, 6.45) is 3.32. The normalized spacial score (nSPS) is 15.6. The maximum Gasteiger partial charge on any atom is 0.410 e. The minimum absolute atomic E-state index is 0.257. The number of carbonyl (C=O) groups excluding carboxylic acids is 1. The highest BCUT2D eigenvalue weighted by Gasteiger charge is 2.27. The van der Waals surface area contributed by atoms with E-state index in [4.69, 9.17) is 21.4 Å². The molecule has 1 aliphatic heterocycles. The molecule has 1 aliphatic rings. The second-order valence-electron chi connectivity index (χ2n) is 7.54. The van der Waals surface area contributed by atoms with Crippen LogP contribution in [0.25, 0.3) is 0 Å². The van der Waals surface area contributed by atoms with Crippen molar-refractivity contribution in [2.75, 3.05) is 13.1 Å². The van der Waals surface area contributed by atoms with Crippen LogP contribution in [0.2, 0.25) is 0 Å². The highest BCUT2D eigenvalue weighted by Crippen LogP contribution is 2.28. The lowest BCUT2D eigenvalue weighted by Crippen LogP contribution is -2.41. The third kappa shape index (κ3) is 8.48. The van der Waals surface area contributed by atoms with Crippen molar-refractivity contribution in [3.05, 3.63) is 46.5 Å². The molecule has 1 amide bonds. The summed E-state index contributed by atoms with van der Waals surface area (Å²) in [6.45, 7) is 10.7. The minimum atomic E-state index is -0.911. The first kappa shape index (κ1) is 23.0. The van der Waals surface area contributed by atoms with Crippen LogP contribution in [0.1, 0.15) is 69.3 Å². The van der Waals surface area contributed by atoms with Crippen molar-refractivity contribution in [1.29, 1.82) is 0 Å². The largest absolute Gasteiger partial charge is 0.478 e. The van der Waals surface area contributed by atoms with E-state index in [0.717, 1.165) is 23.4 Å². The molecular weight excluding hydrogens is 366 g/mol. The smallest absolute Gasteiger partial charge is 0.410 e. The van der Waals surface area contributed by atoms with Gasteiger partial charge in [-0.3, -0.25) is 0 Å². The molecule has 0 saturated carbocycles. The quantitative estimate of drug-likeness (QED) is 0.702. The molecule has 27 heavy (non-hydrogen) atoms. The number of aromatic carboxylic acids is 1. The third-order valence-electron chi connectivity index (χ3n) is 4.17. The van der Waals surface area contributed by atoms with Gasteiger partial charge >= 0.3 is 12.1 Å². The van der Waals surface area contributed by atoms with Crippen LogP contribution in [0.4, 0.5) is 4.79 Å². The van der Waals surface area contributed by atoms with Crippen molar-refractivity contribution in [2.45, 2.75) is 59.0 Å². The van der Waals surface area contributed by atoms with E-state index >= 15 is 0 Å². The van der Waals surface area contributed by atoms with E-state index in [-0.39, 0.29) is 6.09 Å². The minimum Gasteiger partial charge on any atom is -0.478 e. The summed E-state index contributed by atoms with van der Waals surface area (Å²) in [5.41, 5.74) is 0.962. The fourth-order valence-corrected chi connectivity index (χ4v) is 2.62. The summed E-state index contributed by atoms with van der Waals surface area (Å²) in [5.74, 6) is -0.548. The molecule has 1 aromatic rings. The summed E-state index contributed by atoms with van der Waals surface area (Å²) < 4.78 is 5.38. The Kier molecular flexibility index (Phi) is 8.83. The van der Waals surface area contributed by atoms with Gasteiger partial charge in [0.25, 0.3) is 0 Å². The van der Waals surface area contributed by atoms with Gasteiger partial charge in [0.15, 0.2) is 0 Å². The van der Waals surface area contributed by atoms with Crippen molar-refractivity contribution in [3.63, 3.8) is 0 Å². The zero-order valence-corrected chi connectivity index (χ0v) is 17.5.